The third-order valence-corrected chi connectivity index (χ3v) is 6.70. The summed E-state index contributed by atoms with van der Waals surface area (Å²) >= 11 is 16.4. The molecule has 1 heterocycles. The van der Waals surface area contributed by atoms with Crippen LogP contribution in [-0.2, 0) is 11.3 Å². The van der Waals surface area contributed by atoms with Gasteiger partial charge in [0.1, 0.15) is 17.4 Å². The van der Waals surface area contributed by atoms with Crippen LogP contribution in [-0.4, -0.2) is 34.3 Å². The number of ketones is 1. The highest BCUT2D eigenvalue weighted by Gasteiger charge is 2.30. The number of nitrogens with zero attached hydrogens (tertiary/aromatic N) is 2. The second-order valence-corrected chi connectivity index (χ2v) is 9.71. The van der Waals surface area contributed by atoms with E-state index in [2.05, 4.69) is 15.9 Å². The Bertz CT molecular complexity index is 1140. The molecule has 0 saturated heterocycles. The van der Waals surface area contributed by atoms with Crippen molar-refractivity contribution in [1.29, 1.82) is 0 Å². The van der Waals surface area contributed by atoms with Gasteiger partial charge in [-0.3, -0.25) is 4.79 Å². The van der Waals surface area contributed by atoms with Crippen LogP contribution >= 0.6 is 39.1 Å². The summed E-state index contributed by atoms with van der Waals surface area (Å²) in [5, 5.41) is 0.632. The first kappa shape index (κ1) is 24.7. The normalized spacial score (nSPS) is 14.9. The number of ether oxygens (including phenoxy) is 1. The van der Waals surface area contributed by atoms with Gasteiger partial charge in [-0.1, -0.05) is 63.4 Å². The van der Waals surface area contributed by atoms with E-state index in [0.29, 0.717) is 23.9 Å². The van der Waals surface area contributed by atoms with E-state index in [0.717, 1.165) is 15.6 Å². The van der Waals surface area contributed by atoms with E-state index in [4.69, 9.17) is 27.9 Å². The second kappa shape index (κ2) is 11.4. The van der Waals surface area contributed by atoms with E-state index >= 15 is 0 Å². The van der Waals surface area contributed by atoms with Crippen molar-refractivity contribution in [2.75, 3.05) is 13.2 Å². The van der Waals surface area contributed by atoms with Gasteiger partial charge >= 0.3 is 0 Å². The molecular weight excluding hydrogens is 542 g/mol. The maximum atomic E-state index is 13.1. The molecule has 4 nitrogen and oxygen atoms in total. The van der Waals surface area contributed by atoms with Crippen molar-refractivity contribution in [3.8, 4) is 0 Å². The Morgan fingerprint density at radius 2 is 1.68 bits per heavy atom. The Balaban J connectivity index is 1.43. The second-order valence-electron chi connectivity index (χ2n) is 7.91. The molecule has 4 rings (SSSR count). The SMILES string of the molecule is O=C(CN1C=CN(C(Cl)C(OCc2ccc(Br)cc2)c2ccc(Cl)cc2)C1)c1ccc(F)cc1. The Labute approximate surface area is 216 Å². The van der Waals surface area contributed by atoms with Crippen molar-refractivity contribution in [3.63, 3.8) is 0 Å². The fraction of sp³-hybridized carbons (Fsp3) is 0.192. The van der Waals surface area contributed by atoms with Gasteiger partial charge < -0.3 is 14.5 Å². The van der Waals surface area contributed by atoms with Gasteiger partial charge in [-0.05, 0) is 59.7 Å². The van der Waals surface area contributed by atoms with Crippen LogP contribution in [0.2, 0.25) is 5.02 Å². The van der Waals surface area contributed by atoms with Crippen molar-refractivity contribution < 1.29 is 13.9 Å². The minimum Gasteiger partial charge on any atom is -0.365 e. The van der Waals surface area contributed by atoms with Gasteiger partial charge in [0.15, 0.2) is 5.78 Å². The topological polar surface area (TPSA) is 32.8 Å². The van der Waals surface area contributed by atoms with Gasteiger partial charge in [0.2, 0.25) is 0 Å². The number of alkyl halides is 1. The fourth-order valence-electron chi connectivity index (χ4n) is 3.59. The summed E-state index contributed by atoms with van der Waals surface area (Å²) < 4.78 is 20.4. The summed E-state index contributed by atoms with van der Waals surface area (Å²) in [6.07, 6.45) is 3.23. The lowest BCUT2D eigenvalue weighted by Gasteiger charge is -2.31. The molecular formula is C26H22BrCl2FN2O2. The van der Waals surface area contributed by atoms with Crippen molar-refractivity contribution in [2.45, 2.75) is 18.2 Å². The number of halogens is 4. The van der Waals surface area contributed by atoms with Crippen LogP contribution in [0.3, 0.4) is 0 Å². The van der Waals surface area contributed by atoms with Gasteiger partial charge in [0.05, 0.1) is 19.8 Å². The molecule has 1 aliphatic heterocycles. The lowest BCUT2D eigenvalue weighted by Crippen LogP contribution is -2.37. The molecule has 2 unspecified atom stereocenters. The molecule has 0 saturated carbocycles. The van der Waals surface area contributed by atoms with Crippen molar-refractivity contribution >= 4 is 44.9 Å². The van der Waals surface area contributed by atoms with Crippen LogP contribution in [0.4, 0.5) is 4.39 Å². The van der Waals surface area contributed by atoms with Gasteiger partial charge in [-0.2, -0.15) is 0 Å². The largest absolute Gasteiger partial charge is 0.365 e. The van der Waals surface area contributed by atoms with Gasteiger partial charge in [0, 0.05) is 27.5 Å². The van der Waals surface area contributed by atoms with Crippen LogP contribution in [0.15, 0.2) is 89.7 Å². The zero-order valence-corrected chi connectivity index (χ0v) is 21.2. The quantitative estimate of drug-likeness (QED) is 0.159. The molecule has 176 valence electrons. The summed E-state index contributed by atoms with van der Waals surface area (Å²) in [5.74, 6) is -0.469. The molecule has 8 heteroatoms. The Hall–Kier alpha value is -2.38. The number of benzene rings is 3. The number of hydrogen-bond acceptors (Lipinski definition) is 4. The summed E-state index contributed by atoms with van der Waals surface area (Å²) in [6, 6.07) is 20.9. The third-order valence-electron chi connectivity index (χ3n) is 5.43. The monoisotopic (exact) mass is 562 g/mol. The number of Topliss-reactive ketones (excluding diaryl/α,β-unsaturated/α-hetero) is 1. The molecule has 0 fully saturated rings. The highest BCUT2D eigenvalue weighted by atomic mass is 79.9. The van der Waals surface area contributed by atoms with Gasteiger partial charge in [-0.15, -0.1) is 0 Å². The van der Waals surface area contributed by atoms with Crippen LogP contribution in [0, 0.1) is 5.82 Å². The van der Waals surface area contributed by atoms with Crippen molar-refractivity contribution in [3.05, 3.63) is 117 Å². The predicted molar refractivity (Wildman–Crippen MR) is 136 cm³/mol. The minimum atomic E-state index is -0.529. The van der Waals surface area contributed by atoms with Crippen LogP contribution < -0.4 is 0 Å². The first-order chi connectivity index (χ1) is 16.4. The van der Waals surface area contributed by atoms with Gasteiger partial charge in [-0.25, -0.2) is 4.39 Å². The smallest absolute Gasteiger partial charge is 0.182 e. The van der Waals surface area contributed by atoms with Crippen LogP contribution in [0.25, 0.3) is 0 Å². The average Bonchev–Trinajstić information content (AvgIpc) is 3.30. The zero-order valence-electron chi connectivity index (χ0n) is 18.1. The Morgan fingerprint density at radius 1 is 1.00 bits per heavy atom. The summed E-state index contributed by atoms with van der Waals surface area (Å²) in [5.41, 5.74) is 1.86. The van der Waals surface area contributed by atoms with E-state index in [-0.39, 0.29) is 18.1 Å². The highest BCUT2D eigenvalue weighted by Crippen LogP contribution is 2.32. The highest BCUT2D eigenvalue weighted by molar-refractivity contribution is 9.10. The van der Waals surface area contributed by atoms with E-state index in [1.165, 1.54) is 24.3 Å². The molecule has 0 amide bonds. The molecule has 0 aromatic heterocycles. The molecule has 0 bridgehead atoms. The van der Waals surface area contributed by atoms with E-state index in [1.807, 2.05) is 70.7 Å². The summed E-state index contributed by atoms with van der Waals surface area (Å²) in [4.78, 5) is 16.3. The molecule has 0 radical (unpaired) electrons. The summed E-state index contributed by atoms with van der Waals surface area (Å²) in [7, 11) is 0. The predicted octanol–water partition coefficient (Wildman–Crippen LogP) is 6.99. The molecule has 34 heavy (non-hydrogen) atoms. The Morgan fingerprint density at radius 3 is 2.35 bits per heavy atom. The number of hydrogen-bond donors (Lipinski definition) is 0. The molecule has 3 aromatic rings. The standard InChI is InChI=1S/C26H22BrCl2FN2O2/c27-21-7-1-18(2-8-21)16-34-25(20-3-9-22(28)10-4-20)26(29)32-14-13-31(17-32)15-24(33)19-5-11-23(30)12-6-19/h1-14,25-26H,15-17H2. The van der Waals surface area contributed by atoms with Crippen molar-refractivity contribution in [2.24, 2.45) is 0 Å². The molecule has 2 atom stereocenters. The zero-order chi connectivity index (χ0) is 24.1. The maximum Gasteiger partial charge on any atom is 0.182 e. The molecule has 0 aliphatic carbocycles. The number of carbonyl (C=O) groups excluding carboxylic acids is 1. The van der Waals surface area contributed by atoms with E-state index in [1.54, 1.807) is 0 Å². The van der Waals surface area contributed by atoms with E-state index in [9.17, 15) is 9.18 Å². The van der Waals surface area contributed by atoms with Crippen LogP contribution in [0.1, 0.15) is 27.6 Å². The maximum absolute atomic E-state index is 13.1. The number of carbonyl (C=O) groups is 1. The van der Waals surface area contributed by atoms with Gasteiger partial charge in [0.25, 0.3) is 0 Å². The van der Waals surface area contributed by atoms with E-state index < -0.39 is 11.6 Å². The first-order valence-electron chi connectivity index (χ1n) is 10.6. The van der Waals surface area contributed by atoms with Crippen molar-refractivity contribution in [1.82, 2.24) is 9.80 Å². The molecule has 3 aromatic carbocycles. The first-order valence-corrected chi connectivity index (χ1v) is 12.2. The lowest BCUT2D eigenvalue weighted by atomic mass is 10.1. The fourth-order valence-corrected chi connectivity index (χ4v) is 4.32. The van der Waals surface area contributed by atoms with Crippen LogP contribution in [0.5, 0.6) is 0 Å². The average molecular weight is 564 g/mol. The number of rotatable bonds is 9. The third kappa shape index (κ3) is 6.39. The molecule has 0 spiro atoms. The lowest BCUT2D eigenvalue weighted by molar-refractivity contribution is 0.00695. The minimum absolute atomic E-state index is 0.0987. The summed E-state index contributed by atoms with van der Waals surface area (Å²) in [6.45, 7) is 0.967. The molecule has 0 N–H and O–H groups in total. The Kier molecular flexibility index (Phi) is 8.27. The molecule has 1 aliphatic rings.